The van der Waals surface area contributed by atoms with Crippen molar-refractivity contribution in [3.05, 3.63) is 138 Å². The van der Waals surface area contributed by atoms with E-state index in [2.05, 4.69) is 62.4 Å². The lowest BCUT2D eigenvalue weighted by Gasteiger charge is -2.39. The second-order valence-electron chi connectivity index (χ2n) is 10.3. The lowest BCUT2D eigenvalue weighted by atomic mass is 9.68. The molecular weight excluding hydrogens is 484 g/mol. The molecule has 1 aliphatic heterocycles. The zero-order chi connectivity index (χ0) is 26.3. The van der Waals surface area contributed by atoms with Gasteiger partial charge in [0.15, 0.2) is 0 Å². The average Bonchev–Trinajstić information content (AvgIpc) is 3.31. The summed E-state index contributed by atoms with van der Waals surface area (Å²) in [4.78, 5) is 1.32. The molecule has 188 valence electrons. The van der Waals surface area contributed by atoms with Crippen molar-refractivity contribution in [2.24, 2.45) is 0 Å². The maximum absolute atomic E-state index is 10.9. The Bertz CT molecular complexity index is 1500. The van der Waals surface area contributed by atoms with E-state index in [0.717, 1.165) is 33.4 Å². The molecule has 5 aromatic rings. The van der Waals surface area contributed by atoms with Gasteiger partial charge in [0.05, 0.1) is 0 Å². The van der Waals surface area contributed by atoms with Crippen molar-refractivity contribution < 1.29 is 10.2 Å². The van der Waals surface area contributed by atoms with E-state index in [4.69, 9.17) is 0 Å². The molecule has 2 atom stereocenters. The van der Waals surface area contributed by atoms with Crippen LogP contribution in [0.2, 0.25) is 0 Å². The van der Waals surface area contributed by atoms with Crippen LogP contribution in [0.5, 0.6) is 11.5 Å². The molecule has 0 spiro atoms. The highest BCUT2D eigenvalue weighted by Gasteiger charge is 2.46. The maximum atomic E-state index is 10.9. The molecule has 0 saturated carbocycles. The summed E-state index contributed by atoms with van der Waals surface area (Å²) in [6, 6.07) is 40.9. The predicted octanol–water partition coefficient (Wildman–Crippen LogP) is 9.02. The van der Waals surface area contributed by atoms with E-state index in [1.807, 2.05) is 84.6 Å². The Hall–Kier alpha value is -3.95. The Morgan fingerprint density at radius 3 is 1.58 bits per heavy atom. The molecule has 1 heterocycles. The first-order valence-electron chi connectivity index (χ1n) is 13.0. The van der Waals surface area contributed by atoms with Gasteiger partial charge in [0, 0.05) is 26.7 Å². The Morgan fingerprint density at radius 2 is 1.08 bits per heavy atom. The van der Waals surface area contributed by atoms with Crippen LogP contribution in [0.15, 0.2) is 126 Å². The van der Waals surface area contributed by atoms with Crippen molar-refractivity contribution in [2.75, 3.05) is 0 Å². The van der Waals surface area contributed by atoms with Crippen LogP contribution in [0.1, 0.15) is 36.5 Å². The fourth-order valence-electron chi connectivity index (χ4n) is 5.90. The zero-order valence-electron chi connectivity index (χ0n) is 21.5. The number of fused-ring (bicyclic) bond motifs is 1. The fraction of sp³-hybridized carbons (Fsp3) is 0.143. The first-order valence-corrected chi connectivity index (χ1v) is 13.9. The molecule has 3 heteroatoms. The summed E-state index contributed by atoms with van der Waals surface area (Å²) in [6.45, 7) is 4.63. The number of phenols is 2. The van der Waals surface area contributed by atoms with E-state index in [1.54, 1.807) is 0 Å². The average molecular weight is 515 g/mol. The SMILES string of the molecule is CC1c2ccccc2SC1C(C)(c1ccc(O)c(-c2ccccc2)c1)c1ccc(O)c(-c2ccccc2)c1. The third-order valence-corrected chi connectivity index (χ3v) is 9.81. The summed E-state index contributed by atoms with van der Waals surface area (Å²) in [7, 11) is 0. The molecule has 38 heavy (non-hydrogen) atoms. The van der Waals surface area contributed by atoms with Crippen molar-refractivity contribution in [1.82, 2.24) is 0 Å². The zero-order valence-corrected chi connectivity index (χ0v) is 22.3. The van der Waals surface area contributed by atoms with Gasteiger partial charge in [0.2, 0.25) is 0 Å². The molecule has 2 nitrogen and oxygen atoms in total. The van der Waals surface area contributed by atoms with E-state index in [1.165, 1.54) is 10.5 Å². The van der Waals surface area contributed by atoms with Crippen LogP contribution in [0.3, 0.4) is 0 Å². The second-order valence-corrected chi connectivity index (χ2v) is 11.4. The molecule has 0 bridgehead atoms. The van der Waals surface area contributed by atoms with Crippen molar-refractivity contribution in [3.63, 3.8) is 0 Å². The summed E-state index contributed by atoms with van der Waals surface area (Å²) in [5.74, 6) is 0.853. The molecule has 1 aliphatic rings. The lowest BCUT2D eigenvalue weighted by Crippen LogP contribution is -2.37. The Balaban J connectivity index is 1.57. The van der Waals surface area contributed by atoms with Gasteiger partial charge < -0.3 is 10.2 Å². The summed E-state index contributed by atoms with van der Waals surface area (Å²) in [6.07, 6.45) is 0. The van der Waals surface area contributed by atoms with E-state index < -0.39 is 5.41 Å². The van der Waals surface area contributed by atoms with Gasteiger partial charge >= 0.3 is 0 Å². The first-order chi connectivity index (χ1) is 18.5. The predicted molar refractivity (Wildman–Crippen MR) is 158 cm³/mol. The topological polar surface area (TPSA) is 40.5 Å². The van der Waals surface area contributed by atoms with E-state index in [0.29, 0.717) is 5.92 Å². The van der Waals surface area contributed by atoms with Crippen LogP contribution in [-0.2, 0) is 5.41 Å². The molecule has 0 aliphatic carbocycles. The number of phenolic OH excluding ortho intramolecular Hbond substituents is 2. The standard InChI is InChI=1S/C35H30O2S/c1-23-28-15-9-10-16-33(28)38-34(23)35(2,26-17-19-31(36)29(21-26)24-11-5-3-6-12-24)27-18-20-32(37)30(22-27)25-13-7-4-8-14-25/h3-23,34,36-37H,1-2H3. The number of rotatable bonds is 5. The van der Waals surface area contributed by atoms with Crippen molar-refractivity contribution in [1.29, 1.82) is 0 Å². The van der Waals surface area contributed by atoms with Gasteiger partial charge in [-0.2, -0.15) is 0 Å². The molecule has 0 fully saturated rings. The molecule has 0 saturated heterocycles. The molecule has 0 amide bonds. The van der Waals surface area contributed by atoms with Crippen LogP contribution in [0.4, 0.5) is 0 Å². The quantitative estimate of drug-likeness (QED) is 0.246. The third-order valence-electron chi connectivity index (χ3n) is 8.05. The molecule has 6 rings (SSSR count). The highest BCUT2D eigenvalue weighted by molar-refractivity contribution is 8.00. The minimum Gasteiger partial charge on any atom is -0.507 e. The molecular formula is C35H30O2S. The Morgan fingerprint density at radius 1 is 0.605 bits per heavy atom. The highest BCUT2D eigenvalue weighted by Crippen LogP contribution is 2.56. The minimum absolute atomic E-state index is 0.209. The molecule has 5 aromatic carbocycles. The van der Waals surface area contributed by atoms with Crippen molar-refractivity contribution in [3.8, 4) is 33.8 Å². The largest absolute Gasteiger partial charge is 0.507 e. The van der Waals surface area contributed by atoms with Crippen LogP contribution < -0.4 is 0 Å². The van der Waals surface area contributed by atoms with Crippen LogP contribution in [0, 0.1) is 0 Å². The van der Waals surface area contributed by atoms with Gasteiger partial charge in [-0.3, -0.25) is 0 Å². The summed E-state index contributed by atoms with van der Waals surface area (Å²) in [5.41, 5.74) is 6.84. The molecule has 0 radical (unpaired) electrons. The van der Waals surface area contributed by atoms with E-state index in [-0.39, 0.29) is 16.7 Å². The number of hydrogen-bond acceptors (Lipinski definition) is 3. The van der Waals surface area contributed by atoms with Crippen LogP contribution >= 0.6 is 11.8 Å². The third kappa shape index (κ3) is 4.08. The van der Waals surface area contributed by atoms with E-state index in [9.17, 15) is 10.2 Å². The van der Waals surface area contributed by atoms with E-state index >= 15 is 0 Å². The second kappa shape index (κ2) is 9.74. The lowest BCUT2D eigenvalue weighted by molar-refractivity contribution is 0.470. The smallest absolute Gasteiger partial charge is 0.123 e. The first kappa shape index (κ1) is 24.4. The molecule has 2 unspecified atom stereocenters. The van der Waals surface area contributed by atoms with Crippen LogP contribution in [0.25, 0.3) is 22.3 Å². The highest BCUT2D eigenvalue weighted by atomic mass is 32.2. The van der Waals surface area contributed by atoms with Crippen molar-refractivity contribution in [2.45, 2.75) is 35.3 Å². The normalized spacial score (nSPS) is 16.8. The van der Waals surface area contributed by atoms with Gasteiger partial charge in [0.1, 0.15) is 11.5 Å². The fourth-order valence-corrected chi connectivity index (χ4v) is 7.57. The number of aromatic hydroxyl groups is 2. The monoisotopic (exact) mass is 514 g/mol. The van der Waals surface area contributed by atoms with Gasteiger partial charge in [-0.15, -0.1) is 11.8 Å². The molecule has 2 N–H and O–H groups in total. The van der Waals surface area contributed by atoms with Gasteiger partial charge in [-0.1, -0.05) is 105 Å². The Kier molecular flexibility index (Phi) is 6.25. The van der Waals surface area contributed by atoms with Crippen LogP contribution in [-0.4, -0.2) is 15.5 Å². The molecule has 0 aromatic heterocycles. The van der Waals surface area contributed by atoms with Gasteiger partial charge in [0.25, 0.3) is 0 Å². The van der Waals surface area contributed by atoms with Gasteiger partial charge in [-0.25, -0.2) is 0 Å². The van der Waals surface area contributed by atoms with Crippen molar-refractivity contribution >= 4 is 11.8 Å². The summed E-state index contributed by atoms with van der Waals surface area (Å²) >= 11 is 1.93. The number of benzene rings is 5. The summed E-state index contributed by atoms with van der Waals surface area (Å²) in [5, 5.41) is 22.0. The maximum Gasteiger partial charge on any atom is 0.123 e. The minimum atomic E-state index is -0.419. The summed E-state index contributed by atoms with van der Waals surface area (Å²) < 4.78 is 0. The number of thioether (sulfide) groups is 1. The number of hydrogen-bond donors (Lipinski definition) is 2. The Labute approximate surface area is 228 Å². The van der Waals surface area contributed by atoms with Gasteiger partial charge in [-0.05, 0) is 64.1 Å².